The van der Waals surface area contributed by atoms with Gasteiger partial charge >= 0.3 is 5.97 Å². The van der Waals surface area contributed by atoms with Crippen LogP contribution in [0.25, 0.3) is 0 Å². The summed E-state index contributed by atoms with van der Waals surface area (Å²) >= 11 is 0. The third kappa shape index (κ3) is 2.95. The maximum atomic E-state index is 12.3. The van der Waals surface area contributed by atoms with Gasteiger partial charge in [0.25, 0.3) is 0 Å². The maximum Gasteiger partial charge on any atom is 0.312 e. The minimum absolute atomic E-state index is 0.00724. The molecule has 0 aromatic rings. The molecule has 0 saturated heterocycles. The number of aliphatic carboxylic acids is 1. The first-order valence-corrected chi connectivity index (χ1v) is 13.8. The molecule has 4 saturated carbocycles. The van der Waals surface area contributed by atoms with Crippen LogP contribution in [0, 0.1) is 44.3 Å². The lowest BCUT2D eigenvalue weighted by Crippen LogP contribution is -2.62. The molecule has 2 unspecified atom stereocenters. The minimum Gasteiger partial charge on any atom is -0.481 e. The standard InChI is InChI=1S/C30H46O5/c1-25-13-14-29(5)18(19(25)15-27(3,24(34)35)23(33)16-25)7-8-21-26(2)11-10-22(32)28(4,17-31)20(26)9-12-30(21,29)6/h7-8,19-20,22-23,31-33H,9-17H2,1-6H3,(H,34,35)/t19?,20?,22-,23-,25-,26-,27-,28+,29+,30+/m0/s1. The topological polar surface area (TPSA) is 98.0 Å². The van der Waals surface area contributed by atoms with E-state index in [0.717, 1.165) is 32.1 Å². The Morgan fingerprint density at radius 2 is 1.57 bits per heavy atom. The molecule has 0 radical (unpaired) electrons. The van der Waals surface area contributed by atoms with Crippen molar-refractivity contribution in [3.05, 3.63) is 23.3 Å². The number of carbonyl (C=O) groups is 1. The summed E-state index contributed by atoms with van der Waals surface area (Å²) in [6, 6.07) is 0. The van der Waals surface area contributed by atoms with Gasteiger partial charge in [-0.3, -0.25) is 4.79 Å². The molecule has 0 spiro atoms. The van der Waals surface area contributed by atoms with Crippen LogP contribution in [0.15, 0.2) is 23.3 Å². The molecule has 196 valence electrons. The molecule has 0 aliphatic heterocycles. The van der Waals surface area contributed by atoms with Crippen LogP contribution >= 0.6 is 0 Å². The molecule has 0 aromatic carbocycles. The first-order chi connectivity index (χ1) is 16.1. The second-order valence-electron chi connectivity index (χ2n) is 14.4. The molecular weight excluding hydrogens is 440 g/mol. The third-order valence-corrected chi connectivity index (χ3v) is 13.0. The lowest BCUT2D eigenvalue weighted by Gasteiger charge is -2.68. The molecule has 35 heavy (non-hydrogen) atoms. The van der Waals surface area contributed by atoms with Gasteiger partial charge in [-0.25, -0.2) is 0 Å². The van der Waals surface area contributed by atoms with Gasteiger partial charge in [0, 0.05) is 5.41 Å². The molecule has 0 bridgehead atoms. The predicted octanol–water partition coefficient (Wildman–Crippen LogP) is 5.10. The lowest BCUT2D eigenvalue weighted by atomic mass is 9.36. The number of carboxylic acid groups (broad SMARTS) is 1. The summed E-state index contributed by atoms with van der Waals surface area (Å²) in [6.45, 7) is 13.3. The molecular formula is C30H46O5. The highest BCUT2D eigenvalue weighted by atomic mass is 16.4. The third-order valence-electron chi connectivity index (χ3n) is 13.0. The summed E-state index contributed by atoms with van der Waals surface area (Å²) in [5.74, 6) is -0.521. The van der Waals surface area contributed by atoms with E-state index in [1.807, 2.05) is 0 Å². The van der Waals surface area contributed by atoms with E-state index in [1.165, 1.54) is 11.1 Å². The van der Waals surface area contributed by atoms with Crippen molar-refractivity contribution in [1.82, 2.24) is 0 Å². The van der Waals surface area contributed by atoms with E-state index < -0.39 is 29.0 Å². The fourth-order valence-electron chi connectivity index (χ4n) is 9.97. The highest BCUT2D eigenvalue weighted by molar-refractivity contribution is 5.75. The zero-order chi connectivity index (χ0) is 25.8. The van der Waals surface area contributed by atoms with E-state index in [0.29, 0.717) is 19.3 Å². The Hall–Kier alpha value is -1.17. The molecule has 0 aromatic heterocycles. The Bertz CT molecular complexity index is 1000. The van der Waals surface area contributed by atoms with E-state index >= 15 is 0 Å². The smallest absolute Gasteiger partial charge is 0.312 e. The van der Waals surface area contributed by atoms with Crippen LogP contribution < -0.4 is 0 Å². The van der Waals surface area contributed by atoms with Gasteiger partial charge in [0.1, 0.15) is 0 Å². The average Bonchev–Trinajstić information content (AvgIpc) is 2.79. The number of fused-ring (bicyclic) bond motifs is 7. The van der Waals surface area contributed by atoms with Crippen molar-refractivity contribution in [2.75, 3.05) is 6.61 Å². The van der Waals surface area contributed by atoms with Crippen molar-refractivity contribution in [1.29, 1.82) is 0 Å². The molecule has 5 rings (SSSR count). The summed E-state index contributed by atoms with van der Waals surface area (Å²) in [7, 11) is 0. The van der Waals surface area contributed by atoms with Crippen molar-refractivity contribution >= 4 is 5.97 Å². The summed E-state index contributed by atoms with van der Waals surface area (Å²) < 4.78 is 0. The van der Waals surface area contributed by atoms with Gasteiger partial charge in [0.2, 0.25) is 0 Å². The zero-order valence-electron chi connectivity index (χ0n) is 22.5. The van der Waals surface area contributed by atoms with Crippen molar-refractivity contribution in [3.63, 3.8) is 0 Å². The number of carboxylic acids is 1. The Morgan fingerprint density at radius 3 is 2.20 bits per heavy atom. The first-order valence-electron chi connectivity index (χ1n) is 13.8. The molecule has 5 aliphatic carbocycles. The van der Waals surface area contributed by atoms with Crippen LogP contribution in [0.1, 0.15) is 92.9 Å². The molecule has 4 N–H and O–H groups in total. The van der Waals surface area contributed by atoms with E-state index in [9.17, 15) is 25.2 Å². The fraction of sp³-hybridized carbons (Fsp3) is 0.833. The van der Waals surface area contributed by atoms with Crippen molar-refractivity contribution in [3.8, 4) is 0 Å². The molecule has 4 fully saturated rings. The predicted molar refractivity (Wildman–Crippen MR) is 135 cm³/mol. The monoisotopic (exact) mass is 486 g/mol. The van der Waals surface area contributed by atoms with Gasteiger partial charge in [-0.15, -0.1) is 0 Å². The summed E-state index contributed by atoms with van der Waals surface area (Å²) in [5.41, 5.74) is 0.967. The molecule has 5 nitrogen and oxygen atoms in total. The number of hydrogen-bond acceptors (Lipinski definition) is 4. The summed E-state index contributed by atoms with van der Waals surface area (Å²) in [6.07, 6.45) is 10.1. The highest BCUT2D eigenvalue weighted by Crippen LogP contribution is 2.74. The van der Waals surface area contributed by atoms with E-state index in [2.05, 4.69) is 46.8 Å². The van der Waals surface area contributed by atoms with Crippen molar-refractivity contribution in [2.45, 2.75) is 105 Å². The Kier molecular flexibility index (Phi) is 5.42. The molecule has 5 aliphatic rings. The second-order valence-corrected chi connectivity index (χ2v) is 14.4. The van der Waals surface area contributed by atoms with E-state index in [1.54, 1.807) is 6.92 Å². The summed E-state index contributed by atoms with van der Waals surface area (Å²) in [4.78, 5) is 12.3. The van der Waals surface area contributed by atoms with E-state index in [-0.39, 0.29) is 40.1 Å². The van der Waals surface area contributed by atoms with E-state index in [4.69, 9.17) is 0 Å². The summed E-state index contributed by atoms with van der Waals surface area (Å²) in [5, 5.41) is 42.2. The van der Waals surface area contributed by atoms with Crippen LogP contribution in [0.3, 0.4) is 0 Å². The van der Waals surface area contributed by atoms with Crippen LogP contribution in [-0.4, -0.2) is 45.2 Å². The van der Waals surface area contributed by atoms with Gasteiger partial charge in [-0.05, 0) is 91.8 Å². The zero-order valence-corrected chi connectivity index (χ0v) is 22.5. The number of aliphatic hydroxyl groups excluding tert-OH is 3. The molecule has 5 heteroatoms. The van der Waals surface area contributed by atoms with Crippen molar-refractivity contribution in [2.24, 2.45) is 44.3 Å². The van der Waals surface area contributed by atoms with Gasteiger partial charge in [-0.2, -0.15) is 0 Å². The fourth-order valence-corrected chi connectivity index (χ4v) is 9.97. The minimum atomic E-state index is -1.12. The van der Waals surface area contributed by atoms with Gasteiger partial charge in [0.15, 0.2) is 0 Å². The first kappa shape index (κ1) is 25.5. The molecule has 0 amide bonds. The lowest BCUT2D eigenvalue weighted by molar-refractivity contribution is -0.171. The Morgan fingerprint density at radius 1 is 0.886 bits per heavy atom. The van der Waals surface area contributed by atoms with Crippen molar-refractivity contribution < 1.29 is 25.2 Å². The molecule has 0 heterocycles. The number of aliphatic hydroxyl groups is 3. The number of rotatable bonds is 2. The quantitative estimate of drug-likeness (QED) is 0.435. The van der Waals surface area contributed by atoms with Gasteiger partial charge in [-0.1, -0.05) is 57.9 Å². The molecule has 10 atom stereocenters. The van der Waals surface area contributed by atoms with Gasteiger partial charge in [0.05, 0.1) is 24.2 Å². The van der Waals surface area contributed by atoms with Crippen LogP contribution in [0.4, 0.5) is 0 Å². The SMILES string of the molecule is C[C@@]12CC[C@]3(C)C(=CC=C4[C@@]5(C)CC[C@H](O)[C@](C)(CO)C5CC[C@]43C)C1C[C@](C)(C(=O)O)[C@@H](O)C2. The number of hydrogen-bond donors (Lipinski definition) is 4. The largest absolute Gasteiger partial charge is 0.481 e. The van der Waals surface area contributed by atoms with Crippen LogP contribution in [0.5, 0.6) is 0 Å². The highest BCUT2D eigenvalue weighted by Gasteiger charge is 2.67. The Balaban J connectivity index is 1.62. The average molecular weight is 487 g/mol. The number of allylic oxidation sites excluding steroid dienone is 4. The van der Waals surface area contributed by atoms with Gasteiger partial charge < -0.3 is 20.4 Å². The Labute approximate surface area is 210 Å². The van der Waals surface area contributed by atoms with Crippen LogP contribution in [0.2, 0.25) is 0 Å². The maximum absolute atomic E-state index is 12.3. The second kappa shape index (κ2) is 7.45. The van der Waals surface area contributed by atoms with Crippen LogP contribution in [-0.2, 0) is 4.79 Å². The normalized spacial score (nSPS) is 55.5.